The van der Waals surface area contributed by atoms with Crippen LogP contribution in [0.1, 0.15) is 27.4 Å². The Hall–Kier alpha value is -2.69. The molecule has 0 saturated carbocycles. The Labute approximate surface area is 129 Å². The fourth-order valence-electron chi connectivity index (χ4n) is 2.16. The maximum atomic E-state index is 12.2. The molecule has 0 bridgehead atoms. The first-order valence-electron chi connectivity index (χ1n) is 6.96. The first kappa shape index (κ1) is 15.7. The van der Waals surface area contributed by atoms with E-state index >= 15 is 0 Å². The van der Waals surface area contributed by atoms with E-state index in [2.05, 4.69) is 9.97 Å². The van der Waals surface area contributed by atoms with Gasteiger partial charge in [0.05, 0.1) is 5.69 Å². The number of allylic oxidation sites excluding steroid dienone is 1. The number of carbonyl (C=O) groups is 1. The Morgan fingerprint density at radius 2 is 1.82 bits per heavy atom. The van der Waals surface area contributed by atoms with Crippen molar-refractivity contribution in [1.29, 1.82) is 0 Å². The molecule has 1 heterocycles. The third kappa shape index (κ3) is 3.49. The molecule has 0 aliphatic rings. The molecule has 0 aliphatic heterocycles. The highest BCUT2D eigenvalue weighted by Gasteiger charge is 2.12. The van der Waals surface area contributed by atoms with E-state index in [0.29, 0.717) is 11.5 Å². The molecule has 22 heavy (non-hydrogen) atoms. The van der Waals surface area contributed by atoms with Gasteiger partial charge in [-0.15, -0.1) is 0 Å². The number of aromatic amines is 1. The van der Waals surface area contributed by atoms with Crippen molar-refractivity contribution in [3.63, 3.8) is 0 Å². The van der Waals surface area contributed by atoms with Crippen molar-refractivity contribution in [1.82, 2.24) is 9.97 Å². The Morgan fingerprint density at radius 3 is 2.36 bits per heavy atom. The lowest BCUT2D eigenvalue weighted by atomic mass is 10.1. The third-order valence-corrected chi connectivity index (χ3v) is 3.30. The number of rotatable bonds is 4. The average molecular weight is 297 g/mol. The van der Waals surface area contributed by atoms with Crippen molar-refractivity contribution in [3.8, 4) is 0 Å². The third-order valence-electron chi connectivity index (χ3n) is 3.30. The summed E-state index contributed by atoms with van der Waals surface area (Å²) in [6, 6.07) is 7.78. The molecule has 0 atom stereocenters. The number of carbonyl (C=O) groups excluding carboxylic acids is 1. The van der Waals surface area contributed by atoms with Gasteiger partial charge >= 0.3 is 0 Å². The molecule has 1 aromatic carbocycles. The number of nitrogens with one attached hydrogen (secondary N) is 1. The van der Waals surface area contributed by atoms with Gasteiger partial charge in [0, 0.05) is 19.8 Å². The highest BCUT2D eigenvalue weighted by Crippen LogP contribution is 2.13. The summed E-state index contributed by atoms with van der Waals surface area (Å²) in [4.78, 5) is 32.7. The second kappa shape index (κ2) is 6.39. The molecule has 114 valence electrons. The van der Waals surface area contributed by atoms with Crippen molar-refractivity contribution < 1.29 is 4.79 Å². The maximum Gasteiger partial charge on any atom is 0.262 e. The molecule has 1 aromatic heterocycles. The van der Waals surface area contributed by atoms with E-state index in [1.807, 2.05) is 43.3 Å². The van der Waals surface area contributed by atoms with Gasteiger partial charge in [-0.25, -0.2) is 4.98 Å². The minimum atomic E-state index is -0.400. The fourth-order valence-corrected chi connectivity index (χ4v) is 2.16. The molecule has 0 fully saturated rings. The monoisotopic (exact) mass is 297 g/mol. The second-order valence-corrected chi connectivity index (χ2v) is 5.30. The quantitative estimate of drug-likeness (QED) is 0.695. The summed E-state index contributed by atoms with van der Waals surface area (Å²) in [6.45, 7) is 3.35. The summed E-state index contributed by atoms with van der Waals surface area (Å²) in [6.07, 6.45) is 3.10. The standard InChI is InChI=1S/C17H19N3O2/c1-11-16(17(22)19-12(2)18-11)15(21)10-7-13-5-8-14(9-6-13)20(3)4/h5-10H,1-4H3,(H,18,19,22). The minimum absolute atomic E-state index is 0.0896. The number of nitrogens with zero attached hydrogens (tertiary/aromatic N) is 2. The molecule has 5 nitrogen and oxygen atoms in total. The van der Waals surface area contributed by atoms with Crippen LogP contribution >= 0.6 is 0 Å². The van der Waals surface area contributed by atoms with Gasteiger partial charge in [0.25, 0.3) is 5.56 Å². The van der Waals surface area contributed by atoms with Crippen LogP contribution in [0.2, 0.25) is 0 Å². The molecule has 0 spiro atoms. The summed E-state index contributed by atoms with van der Waals surface area (Å²) in [5.74, 6) is 0.158. The van der Waals surface area contributed by atoms with E-state index in [-0.39, 0.29) is 11.3 Å². The van der Waals surface area contributed by atoms with Crippen LogP contribution in [0.15, 0.2) is 35.1 Å². The SMILES string of the molecule is Cc1nc(C)c(C(=O)C=Cc2ccc(N(C)C)cc2)c(=O)[nH]1. The van der Waals surface area contributed by atoms with Crippen LogP contribution in [-0.4, -0.2) is 29.8 Å². The summed E-state index contributed by atoms with van der Waals surface area (Å²) in [5, 5.41) is 0. The number of hydrogen-bond donors (Lipinski definition) is 1. The average Bonchev–Trinajstić information content (AvgIpc) is 2.44. The van der Waals surface area contributed by atoms with E-state index in [4.69, 9.17) is 0 Å². The van der Waals surface area contributed by atoms with Crippen LogP contribution in [0, 0.1) is 13.8 Å². The summed E-state index contributed by atoms with van der Waals surface area (Å²) in [5.41, 5.74) is 2.11. The van der Waals surface area contributed by atoms with Gasteiger partial charge in [0.15, 0.2) is 5.78 Å². The molecule has 2 aromatic rings. The largest absolute Gasteiger partial charge is 0.378 e. The molecule has 1 N–H and O–H groups in total. The predicted molar refractivity (Wildman–Crippen MR) is 88.5 cm³/mol. The van der Waals surface area contributed by atoms with Crippen molar-refractivity contribution in [2.75, 3.05) is 19.0 Å². The van der Waals surface area contributed by atoms with Gasteiger partial charge in [-0.05, 0) is 37.6 Å². The molecule has 0 radical (unpaired) electrons. The fraction of sp³-hybridized carbons (Fsp3) is 0.235. The van der Waals surface area contributed by atoms with Crippen LogP contribution in [0.4, 0.5) is 5.69 Å². The van der Waals surface area contributed by atoms with Gasteiger partial charge in [0.1, 0.15) is 11.4 Å². The van der Waals surface area contributed by atoms with Crippen molar-refractivity contribution >= 4 is 17.5 Å². The Bertz CT molecular complexity index is 771. The Kier molecular flexibility index (Phi) is 4.56. The minimum Gasteiger partial charge on any atom is -0.378 e. The van der Waals surface area contributed by atoms with Gasteiger partial charge in [-0.3, -0.25) is 9.59 Å². The normalized spacial score (nSPS) is 10.9. The highest BCUT2D eigenvalue weighted by molar-refractivity contribution is 6.07. The summed E-state index contributed by atoms with van der Waals surface area (Å²) in [7, 11) is 3.93. The summed E-state index contributed by atoms with van der Waals surface area (Å²) >= 11 is 0. The first-order chi connectivity index (χ1) is 10.4. The second-order valence-electron chi connectivity index (χ2n) is 5.30. The topological polar surface area (TPSA) is 66.1 Å². The smallest absolute Gasteiger partial charge is 0.262 e. The van der Waals surface area contributed by atoms with Crippen LogP contribution in [0.5, 0.6) is 0 Å². The number of aryl methyl sites for hydroxylation is 2. The number of hydrogen-bond acceptors (Lipinski definition) is 4. The lowest BCUT2D eigenvalue weighted by Gasteiger charge is -2.11. The zero-order valence-electron chi connectivity index (χ0n) is 13.2. The molecule has 0 amide bonds. The Balaban J connectivity index is 2.23. The van der Waals surface area contributed by atoms with Gasteiger partial charge < -0.3 is 9.88 Å². The number of anilines is 1. The highest BCUT2D eigenvalue weighted by atomic mass is 16.1. The van der Waals surface area contributed by atoms with E-state index < -0.39 is 5.56 Å². The molecule has 0 saturated heterocycles. The molecule has 0 aliphatic carbocycles. The number of aromatic nitrogens is 2. The summed E-state index contributed by atoms with van der Waals surface area (Å²) < 4.78 is 0. The van der Waals surface area contributed by atoms with Crippen molar-refractivity contribution in [2.24, 2.45) is 0 Å². The van der Waals surface area contributed by atoms with Gasteiger partial charge in [-0.2, -0.15) is 0 Å². The zero-order chi connectivity index (χ0) is 16.3. The number of H-pyrrole nitrogens is 1. The van der Waals surface area contributed by atoms with Crippen LogP contribution in [-0.2, 0) is 0 Å². The van der Waals surface area contributed by atoms with E-state index in [1.54, 1.807) is 19.9 Å². The van der Waals surface area contributed by atoms with Gasteiger partial charge in [-0.1, -0.05) is 18.2 Å². The lowest BCUT2D eigenvalue weighted by Crippen LogP contribution is -2.21. The van der Waals surface area contributed by atoms with Gasteiger partial charge in [0.2, 0.25) is 0 Å². The van der Waals surface area contributed by atoms with Crippen LogP contribution in [0.3, 0.4) is 0 Å². The lowest BCUT2D eigenvalue weighted by molar-refractivity contribution is 0.104. The predicted octanol–water partition coefficient (Wildman–Crippen LogP) is 2.35. The Morgan fingerprint density at radius 1 is 1.18 bits per heavy atom. The molecular weight excluding hydrogens is 278 g/mol. The van der Waals surface area contributed by atoms with Crippen molar-refractivity contribution in [3.05, 3.63) is 63.3 Å². The van der Waals surface area contributed by atoms with Crippen molar-refractivity contribution in [2.45, 2.75) is 13.8 Å². The first-order valence-corrected chi connectivity index (χ1v) is 6.96. The number of ketones is 1. The molecule has 5 heteroatoms. The maximum absolute atomic E-state index is 12.2. The van der Waals surface area contributed by atoms with Crippen LogP contribution in [0.25, 0.3) is 6.08 Å². The molecular formula is C17H19N3O2. The zero-order valence-corrected chi connectivity index (χ0v) is 13.2. The van der Waals surface area contributed by atoms with E-state index in [1.165, 1.54) is 6.08 Å². The van der Waals surface area contributed by atoms with E-state index in [9.17, 15) is 9.59 Å². The molecule has 0 unspecified atom stereocenters. The number of benzene rings is 1. The molecule has 2 rings (SSSR count). The van der Waals surface area contributed by atoms with E-state index in [0.717, 1.165) is 11.3 Å². The van der Waals surface area contributed by atoms with Crippen LogP contribution < -0.4 is 10.5 Å².